The molecule has 5 heteroatoms. The lowest BCUT2D eigenvalue weighted by Crippen LogP contribution is -2.25. The van der Waals surface area contributed by atoms with Crippen LogP contribution in [-0.4, -0.2) is 34.4 Å². The SMILES string of the molecule is C[C@@H]1CCc2nnc(N3CC[C@@H](C(=O)O)C3)cc2C1. The number of nitrogens with zero attached hydrogens (tertiary/aromatic N) is 3. The molecule has 1 N–H and O–H groups in total. The Morgan fingerprint density at radius 3 is 3.00 bits per heavy atom. The zero-order valence-electron chi connectivity index (χ0n) is 11.2. The molecule has 0 saturated carbocycles. The van der Waals surface area contributed by atoms with Gasteiger partial charge in [0, 0.05) is 13.1 Å². The van der Waals surface area contributed by atoms with Crippen LogP contribution in [0.2, 0.25) is 0 Å². The molecule has 1 aromatic rings. The third-order valence-corrected chi connectivity index (χ3v) is 4.25. The number of rotatable bonds is 2. The van der Waals surface area contributed by atoms with E-state index in [4.69, 9.17) is 5.11 Å². The van der Waals surface area contributed by atoms with Gasteiger partial charge in [0.05, 0.1) is 11.6 Å². The van der Waals surface area contributed by atoms with Crippen LogP contribution in [0.5, 0.6) is 0 Å². The molecule has 1 aliphatic heterocycles. The molecule has 5 nitrogen and oxygen atoms in total. The molecule has 2 atom stereocenters. The highest BCUT2D eigenvalue weighted by Gasteiger charge is 2.29. The number of carboxylic acids is 1. The van der Waals surface area contributed by atoms with Crippen molar-refractivity contribution in [1.82, 2.24) is 10.2 Å². The molecule has 1 saturated heterocycles. The molecule has 0 spiro atoms. The molecule has 0 aromatic carbocycles. The first-order chi connectivity index (χ1) is 9.13. The van der Waals surface area contributed by atoms with E-state index < -0.39 is 5.97 Å². The van der Waals surface area contributed by atoms with Crippen molar-refractivity contribution in [3.8, 4) is 0 Å². The number of aliphatic carboxylic acids is 1. The van der Waals surface area contributed by atoms with Crippen molar-refractivity contribution < 1.29 is 9.90 Å². The van der Waals surface area contributed by atoms with Gasteiger partial charge in [-0.1, -0.05) is 6.92 Å². The molecule has 2 heterocycles. The lowest BCUT2D eigenvalue weighted by Gasteiger charge is -2.23. The summed E-state index contributed by atoms with van der Waals surface area (Å²) in [6.45, 7) is 3.58. The summed E-state index contributed by atoms with van der Waals surface area (Å²) in [6, 6.07) is 2.11. The van der Waals surface area contributed by atoms with Crippen LogP contribution in [0.1, 0.15) is 31.0 Å². The lowest BCUT2D eigenvalue weighted by molar-refractivity contribution is -0.140. The fraction of sp³-hybridized carbons (Fsp3) is 0.643. The van der Waals surface area contributed by atoms with Crippen LogP contribution in [0.3, 0.4) is 0 Å². The third-order valence-electron chi connectivity index (χ3n) is 4.25. The number of hydrogen-bond acceptors (Lipinski definition) is 4. The Bertz CT molecular complexity index is 503. The van der Waals surface area contributed by atoms with Gasteiger partial charge in [0.25, 0.3) is 0 Å². The summed E-state index contributed by atoms with van der Waals surface area (Å²) in [5.74, 6) is 0.574. The predicted molar refractivity (Wildman–Crippen MR) is 71.2 cm³/mol. The van der Waals surface area contributed by atoms with Crippen LogP contribution in [0.4, 0.5) is 5.82 Å². The molecule has 1 aliphatic carbocycles. The van der Waals surface area contributed by atoms with Gasteiger partial charge in [0.2, 0.25) is 0 Å². The molecule has 0 unspecified atom stereocenters. The fourth-order valence-corrected chi connectivity index (χ4v) is 3.02. The normalized spacial score (nSPS) is 26.3. The summed E-state index contributed by atoms with van der Waals surface area (Å²) >= 11 is 0. The molecule has 2 aliphatic rings. The quantitative estimate of drug-likeness (QED) is 0.874. The Hall–Kier alpha value is -1.65. The monoisotopic (exact) mass is 261 g/mol. The molecule has 0 amide bonds. The minimum absolute atomic E-state index is 0.267. The summed E-state index contributed by atoms with van der Waals surface area (Å²) in [7, 11) is 0. The number of fused-ring (bicyclic) bond motifs is 1. The zero-order chi connectivity index (χ0) is 13.4. The van der Waals surface area contributed by atoms with Crippen molar-refractivity contribution in [2.45, 2.75) is 32.6 Å². The van der Waals surface area contributed by atoms with Gasteiger partial charge >= 0.3 is 5.97 Å². The minimum atomic E-state index is -0.706. The van der Waals surface area contributed by atoms with E-state index in [-0.39, 0.29) is 5.92 Å². The molecular formula is C14H19N3O2. The van der Waals surface area contributed by atoms with E-state index in [1.165, 1.54) is 12.0 Å². The van der Waals surface area contributed by atoms with Gasteiger partial charge in [-0.05, 0) is 43.2 Å². The van der Waals surface area contributed by atoms with Gasteiger partial charge in [0.15, 0.2) is 5.82 Å². The van der Waals surface area contributed by atoms with Crippen molar-refractivity contribution in [3.63, 3.8) is 0 Å². The van der Waals surface area contributed by atoms with Crippen molar-refractivity contribution in [2.24, 2.45) is 11.8 Å². The largest absolute Gasteiger partial charge is 0.481 e. The highest BCUT2D eigenvalue weighted by molar-refractivity contribution is 5.71. The Morgan fingerprint density at radius 1 is 1.42 bits per heavy atom. The number of hydrogen-bond donors (Lipinski definition) is 1. The lowest BCUT2D eigenvalue weighted by atomic mass is 9.88. The number of aryl methyl sites for hydroxylation is 1. The standard InChI is InChI=1S/C14H19N3O2/c1-9-2-3-12-11(6-9)7-13(16-15-12)17-5-4-10(8-17)14(18)19/h7,9-10H,2-6,8H2,1H3,(H,18,19)/t9-,10-/m1/s1. The van der Waals surface area contributed by atoms with Gasteiger partial charge in [-0.15, -0.1) is 5.10 Å². The molecule has 0 radical (unpaired) electrons. The van der Waals surface area contributed by atoms with Crippen LogP contribution >= 0.6 is 0 Å². The van der Waals surface area contributed by atoms with Crippen LogP contribution in [0, 0.1) is 11.8 Å². The van der Waals surface area contributed by atoms with Crippen molar-refractivity contribution in [1.29, 1.82) is 0 Å². The van der Waals surface area contributed by atoms with E-state index in [2.05, 4.69) is 23.2 Å². The molecule has 1 aromatic heterocycles. The second-order valence-corrected chi connectivity index (χ2v) is 5.79. The van der Waals surface area contributed by atoms with Gasteiger partial charge in [-0.3, -0.25) is 4.79 Å². The summed E-state index contributed by atoms with van der Waals surface area (Å²) < 4.78 is 0. The maximum Gasteiger partial charge on any atom is 0.308 e. The van der Waals surface area contributed by atoms with Gasteiger partial charge in [-0.25, -0.2) is 0 Å². The van der Waals surface area contributed by atoms with Crippen LogP contribution in [0.25, 0.3) is 0 Å². The van der Waals surface area contributed by atoms with E-state index in [1.807, 2.05) is 4.90 Å². The first kappa shape index (κ1) is 12.4. The molecular weight excluding hydrogens is 242 g/mol. The van der Waals surface area contributed by atoms with E-state index in [0.29, 0.717) is 18.9 Å². The Balaban J connectivity index is 1.79. The van der Waals surface area contributed by atoms with Gasteiger partial charge < -0.3 is 10.0 Å². The molecule has 19 heavy (non-hydrogen) atoms. The molecule has 1 fully saturated rings. The Labute approximate surface area is 112 Å². The van der Waals surface area contributed by atoms with E-state index in [9.17, 15) is 4.79 Å². The highest BCUT2D eigenvalue weighted by atomic mass is 16.4. The topological polar surface area (TPSA) is 66.3 Å². The minimum Gasteiger partial charge on any atom is -0.481 e. The first-order valence-electron chi connectivity index (χ1n) is 6.96. The van der Waals surface area contributed by atoms with Crippen molar-refractivity contribution in [3.05, 3.63) is 17.3 Å². The predicted octanol–water partition coefficient (Wildman–Crippen LogP) is 1.51. The molecule has 0 bridgehead atoms. The summed E-state index contributed by atoms with van der Waals surface area (Å²) in [6.07, 6.45) is 3.96. The number of aromatic nitrogens is 2. The maximum absolute atomic E-state index is 11.0. The third kappa shape index (κ3) is 2.41. The number of carboxylic acid groups (broad SMARTS) is 1. The van der Waals surface area contributed by atoms with Crippen LogP contribution < -0.4 is 4.90 Å². The van der Waals surface area contributed by atoms with Crippen LogP contribution in [-0.2, 0) is 17.6 Å². The second kappa shape index (κ2) is 4.79. The van der Waals surface area contributed by atoms with Gasteiger partial charge in [-0.2, -0.15) is 5.10 Å². The summed E-state index contributed by atoms with van der Waals surface area (Å²) in [5, 5.41) is 17.6. The van der Waals surface area contributed by atoms with E-state index in [1.54, 1.807) is 0 Å². The first-order valence-corrected chi connectivity index (χ1v) is 6.96. The maximum atomic E-state index is 11.0. The van der Waals surface area contributed by atoms with Crippen LogP contribution in [0.15, 0.2) is 6.07 Å². The Morgan fingerprint density at radius 2 is 2.26 bits per heavy atom. The number of anilines is 1. The smallest absolute Gasteiger partial charge is 0.308 e. The highest BCUT2D eigenvalue weighted by Crippen LogP contribution is 2.28. The summed E-state index contributed by atoms with van der Waals surface area (Å²) in [5.41, 5.74) is 2.42. The van der Waals surface area contributed by atoms with E-state index >= 15 is 0 Å². The number of carbonyl (C=O) groups is 1. The van der Waals surface area contributed by atoms with Crippen molar-refractivity contribution in [2.75, 3.05) is 18.0 Å². The average Bonchev–Trinajstić information content (AvgIpc) is 2.87. The Kier molecular flexibility index (Phi) is 3.12. The fourth-order valence-electron chi connectivity index (χ4n) is 3.02. The van der Waals surface area contributed by atoms with Crippen molar-refractivity contribution >= 4 is 11.8 Å². The average molecular weight is 261 g/mol. The summed E-state index contributed by atoms with van der Waals surface area (Å²) in [4.78, 5) is 13.0. The molecule has 102 valence electrons. The molecule has 3 rings (SSSR count). The van der Waals surface area contributed by atoms with E-state index in [0.717, 1.165) is 30.9 Å². The zero-order valence-corrected chi connectivity index (χ0v) is 11.2. The van der Waals surface area contributed by atoms with Gasteiger partial charge in [0.1, 0.15) is 0 Å². The second-order valence-electron chi connectivity index (χ2n) is 5.79.